The molecular weight excluding hydrogens is 320 g/mol. The number of rotatable bonds is 4. The molecule has 0 N–H and O–H groups in total. The van der Waals surface area contributed by atoms with E-state index in [9.17, 15) is 0 Å². The fourth-order valence-electron chi connectivity index (χ4n) is 3.02. The van der Waals surface area contributed by atoms with Gasteiger partial charge in [0.2, 0.25) is 5.88 Å². The maximum atomic E-state index is 5.46. The largest absolute Gasteiger partial charge is 0.478 e. The lowest BCUT2D eigenvalue weighted by atomic mass is 10.3. The molecule has 0 amide bonds. The van der Waals surface area contributed by atoms with Gasteiger partial charge in [-0.3, -0.25) is 4.98 Å². The summed E-state index contributed by atoms with van der Waals surface area (Å²) in [6.07, 6.45) is 5.13. The Morgan fingerprint density at radius 2 is 1.88 bits per heavy atom. The molecule has 25 heavy (non-hydrogen) atoms. The molecule has 0 bridgehead atoms. The van der Waals surface area contributed by atoms with E-state index >= 15 is 0 Å². The summed E-state index contributed by atoms with van der Waals surface area (Å²) in [5.74, 6) is 3.22. The van der Waals surface area contributed by atoms with E-state index in [1.165, 1.54) is 0 Å². The lowest BCUT2D eigenvalue weighted by Gasteiger charge is -2.36. The summed E-state index contributed by atoms with van der Waals surface area (Å²) in [7, 11) is 0. The van der Waals surface area contributed by atoms with Gasteiger partial charge in [-0.15, -0.1) is 5.10 Å². The van der Waals surface area contributed by atoms with E-state index in [4.69, 9.17) is 4.74 Å². The first kappa shape index (κ1) is 15.6. The Kier molecular flexibility index (Phi) is 4.04. The first-order valence-corrected chi connectivity index (χ1v) is 8.36. The molecule has 0 atom stereocenters. The molecule has 1 aliphatic rings. The minimum atomic E-state index is 0.596. The Morgan fingerprint density at radius 3 is 2.68 bits per heavy atom. The molecule has 3 aromatic rings. The van der Waals surface area contributed by atoms with Crippen molar-refractivity contribution in [1.82, 2.24) is 29.5 Å². The van der Waals surface area contributed by atoms with Crippen LogP contribution in [0.5, 0.6) is 5.88 Å². The van der Waals surface area contributed by atoms with Crippen molar-refractivity contribution >= 4 is 17.3 Å². The maximum Gasteiger partial charge on any atom is 0.218 e. The summed E-state index contributed by atoms with van der Waals surface area (Å²) in [5, 5.41) is 4.47. The van der Waals surface area contributed by atoms with Crippen LogP contribution in [0.4, 0.5) is 11.6 Å². The van der Waals surface area contributed by atoms with Gasteiger partial charge in [-0.2, -0.15) is 4.52 Å². The first-order chi connectivity index (χ1) is 12.2. The Balaban J connectivity index is 1.50. The van der Waals surface area contributed by atoms with Gasteiger partial charge in [0.1, 0.15) is 18.0 Å². The van der Waals surface area contributed by atoms with Crippen molar-refractivity contribution in [3.05, 3.63) is 30.6 Å². The van der Waals surface area contributed by atoms with E-state index in [0.29, 0.717) is 12.5 Å². The van der Waals surface area contributed by atoms with Crippen LogP contribution >= 0.6 is 0 Å². The fourth-order valence-corrected chi connectivity index (χ4v) is 3.02. The standard InChI is InChI=1S/C16H20N8O/c1-3-25-15-8-13(18-11-19-15)22-4-6-23(7-5-22)16-10-17-9-14-20-12(2)21-24(14)16/h8-11H,3-7H2,1-2H3. The molecule has 0 spiro atoms. The minimum Gasteiger partial charge on any atom is -0.478 e. The number of ether oxygens (including phenoxy) is 1. The fraction of sp³-hybridized carbons (Fsp3) is 0.438. The Hall–Kier alpha value is -2.97. The quantitative estimate of drug-likeness (QED) is 0.694. The smallest absolute Gasteiger partial charge is 0.218 e. The van der Waals surface area contributed by atoms with Crippen LogP contribution in [0.25, 0.3) is 5.65 Å². The number of aryl methyl sites for hydroxylation is 1. The van der Waals surface area contributed by atoms with Gasteiger partial charge in [0.25, 0.3) is 0 Å². The number of anilines is 2. The van der Waals surface area contributed by atoms with Crippen molar-refractivity contribution in [2.45, 2.75) is 13.8 Å². The summed E-state index contributed by atoms with van der Waals surface area (Å²) in [6.45, 7) is 7.85. The molecule has 4 rings (SSSR count). The molecular formula is C16H20N8O. The third-order valence-corrected chi connectivity index (χ3v) is 4.18. The lowest BCUT2D eigenvalue weighted by Crippen LogP contribution is -2.47. The van der Waals surface area contributed by atoms with Gasteiger partial charge in [-0.25, -0.2) is 15.0 Å². The first-order valence-electron chi connectivity index (χ1n) is 8.36. The van der Waals surface area contributed by atoms with Gasteiger partial charge >= 0.3 is 0 Å². The Morgan fingerprint density at radius 1 is 1.08 bits per heavy atom. The van der Waals surface area contributed by atoms with Crippen LogP contribution in [-0.4, -0.2) is 62.3 Å². The topological polar surface area (TPSA) is 84.6 Å². The monoisotopic (exact) mass is 340 g/mol. The highest BCUT2D eigenvalue weighted by molar-refractivity contribution is 5.49. The van der Waals surface area contributed by atoms with Crippen LogP contribution in [0.15, 0.2) is 24.8 Å². The van der Waals surface area contributed by atoms with Crippen LogP contribution in [0.2, 0.25) is 0 Å². The second-order valence-electron chi connectivity index (χ2n) is 5.82. The van der Waals surface area contributed by atoms with Crippen molar-refractivity contribution in [1.29, 1.82) is 0 Å². The minimum absolute atomic E-state index is 0.596. The molecule has 4 heterocycles. The van der Waals surface area contributed by atoms with Crippen molar-refractivity contribution in [3.63, 3.8) is 0 Å². The molecule has 130 valence electrons. The summed E-state index contributed by atoms with van der Waals surface area (Å²) in [4.78, 5) is 21.7. The predicted molar refractivity (Wildman–Crippen MR) is 93.1 cm³/mol. The summed E-state index contributed by atoms with van der Waals surface area (Å²) >= 11 is 0. The normalized spacial score (nSPS) is 15.0. The van der Waals surface area contributed by atoms with Gasteiger partial charge in [0.05, 0.1) is 19.0 Å². The van der Waals surface area contributed by atoms with Gasteiger partial charge in [-0.05, 0) is 13.8 Å². The number of fused-ring (bicyclic) bond motifs is 1. The van der Waals surface area contributed by atoms with Crippen molar-refractivity contribution in [2.75, 3.05) is 42.6 Å². The number of aromatic nitrogens is 6. The van der Waals surface area contributed by atoms with E-state index in [0.717, 1.165) is 49.3 Å². The Labute approximate surface area is 145 Å². The average Bonchev–Trinajstić information content (AvgIpc) is 3.02. The molecule has 0 saturated carbocycles. The zero-order chi connectivity index (χ0) is 17.2. The summed E-state index contributed by atoms with van der Waals surface area (Å²) in [6, 6.07) is 1.89. The van der Waals surface area contributed by atoms with Crippen molar-refractivity contribution < 1.29 is 4.74 Å². The number of nitrogens with zero attached hydrogens (tertiary/aromatic N) is 8. The molecule has 3 aromatic heterocycles. The second kappa shape index (κ2) is 6.50. The Bertz CT molecular complexity index is 871. The zero-order valence-corrected chi connectivity index (χ0v) is 14.3. The molecule has 1 aliphatic heterocycles. The van der Waals surface area contributed by atoms with E-state index in [1.54, 1.807) is 12.5 Å². The number of hydrogen-bond donors (Lipinski definition) is 0. The maximum absolute atomic E-state index is 5.46. The summed E-state index contributed by atoms with van der Waals surface area (Å²) < 4.78 is 7.32. The third-order valence-electron chi connectivity index (χ3n) is 4.18. The van der Waals surface area contributed by atoms with Crippen LogP contribution in [0.3, 0.4) is 0 Å². The molecule has 0 unspecified atom stereocenters. The van der Waals surface area contributed by atoms with Gasteiger partial charge in [-0.1, -0.05) is 0 Å². The van der Waals surface area contributed by atoms with E-state index < -0.39 is 0 Å². The molecule has 0 radical (unpaired) electrons. The van der Waals surface area contributed by atoms with Gasteiger partial charge in [0, 0.05) is 32.2 Å². The highest BCUT2D eigenvalue weighted by Gasteiger charge is 2.21. The van der Waals surface area contributed by atoms with Crippen LogP contribution in [-0.2, 0) is 0 Å². The zero-order valence-electron chi connectivity index (χ0n) is 14.3. The molecule has 0 aliphatic carbocycles. The van der Waals surface area contributed by atoms with Gasteiger partial charge in [0.15, 0.2) is 11.5 Å². The molecule has 0 aromatic carbocycles. The summed E-state index contributed by atoms with van der Waals surface area (Å²) in [5.41, 5.74) is 0.773. The highest BCUT2D eigenvalue weighted by atomic mass is 16.5. The molecule has 1 fully saturated rings. The third kappa shape index (κ3) is 3.04. The number of piperazine rings is 1. The van der Waals surface area contributed by atoms with E-state index in [2.05, 4.69) is 34.8 Å². The van der Waals surface area contributed by atoms with E-state index in [-0.39, 0.29) is 0 Å². The van der Waals surface area contributed by atoms with E-state index in [1.807, 2.05) is 30.6 Å². The van der Waals surface area contributed by atoms with Crippen molar-refractivity contribution in [2.24, 2.45) is 0 Å². The number of hydrogen-bond acceptors (Lipinski definition) is 8. The van der Waals surface area contributed by atoms with Crippen LogP contribution < -0.4 is 14.5 Å². The second-order valence-corrected chi connectivity index (χ2v) is 5.82. The average molecular weight is 340 g/mol. The van der Waals surface area contributed by atoms with Crippen LogP contribution in [0.1, 0.15) is 12.7 Å². The SMILES string of the molecule is CCOc1cc(N2CCN(c3cncc4nc(C)nn34)CC2)ncn1. The molecule has 9 nitrogen and oxygen atoms in total. The predicted octanol–water partition coefficient (Wildman–Crippen LogP) is 0.948. The van der Waals surface area contributed by atoms with Gasteiger partial charge < -0.3 is 14.5 Å². The van der Waals surface area contributed by atoms with Crippen LogP contribution in [0, 0.1) is 6.92 Å². The highest BCUT2D eigenvalue weighted by Crippen LogP contribution is 2.21. The van der Waals surface area contributed by atoms with Crippen molar-refractivity contribution in [3.8, 4) is 5.88 Å². The molecule has 9 heteroatoms. The molecule has 1 saturated heterocycles. The lowest BCUT2D eigenvalue weighted by molar-refractivity contribution is 0.326.